The minimum atomic E-state index is -1.14. The van der Waals surface area contributed by atoms with Crippen LogP contribution in [-0.4, -0.2) is 33.9 Å². The lowest BCUT2D eigenvalue weighted by Crippen LogP contribution is -2.34. The van der Waals surface area contributed by atoms with Crippen molar-refractivity contribution in [2.75, 3.05) is 5.75 Å². The topological polar surface area (TPSA) is 101 Å². The Kier molecular flexibility index (Phi) is 3.38. The molecule has 80 valence electrons. The van der Waals surface area contributed by atoms with Gasteiger partial charge in [0.1, 0.15) is 6.04 Å². The zero-order valence-corrected chi connectivity index (χ0v) is 8.35. The van der Waals surface area contributed by atoms with Crippen molar-refractivity contribution in [3.63, 3.8) is 0 Å². The lowest BCUT2D eigenvalue weighted by Gasteiger charge is -2.03. The van der Waals surface area contributed by atoms with E-state index in [0.29, 0.717) is 12.2 Å². The Labute approximate surface area is 86.7 Å². The molecule has 14 heavy (non-hydrogen) atoms. The molecule has 0 aromatic rings. The average Bonchev–Trinajstić information content (AvgIpc) is 2.78. The van der Waals surface area contributed by atoms with Crippen molar-refractivity contribution in [3.05, 3.63) is 0 Å². The van der Waals surface area contributed by atoms with Crippen molar-refractivity contribution in [1.29, 1.82) is 0 Å². The van der Waals surface area contributed by atoms with E-state index in [2.05, 4.69) is 12.6 Å². The van der Waals surface area contributed by atoms with Crippen LogP contribution in [0.2, 0.25) is 0 Å². The predicted molar refractivity (Wildman–Crippen MR) is 52.2 cm³/mol. The number of aliphatic carboxylic acids is 2. The van der Waals surface area contributed by atoms with Crippen LogP contribution in [0.1, 0.15) is 6.42 Å². The third-order valence-corrected chi connectivity index (χ3v) is 2.94. The van der Waals surface area contributed by atoms with E-state index in [1.165, 1.54) is 0 Å². The number of carboxylic acid groups (broad SMARTS) is 2. The number of carbonyl (C=O) groups is 2. The van der Waals surface area contributed by atoms with Gasteiger partial charge < -0.3 is 15.9 Å². The summed E-state index contributed by atoms with van der Waals surface area (Å²) in [5.41, 5.74) is 5.38. The van der Waals surface area contributed by atoms with E-state index >= 15 is 0 Å². The normalized spacial score (nSPS) is 32.3. The standard InChI is InChI=1S/C8H13NO4S/c9-6(8(12)13)4-3(1-2-14)5(4)7(10)11/h3-6,14H,1-2,9H2,(H,10,11)(H,12,13). The molecule has 4 unspecified atom stereocenters. The van der Waals surface area contributed by atoms with Gasteiger partial charge >= 0.3 is 11.9 Å². The summed E-state index contributed by atoms with van der Waals surface area (Å²) in [7, 11) is 0. The van der Waals surface area contributed by atoms with Crippen molar-refractivity contribution in [2.45, 2.75) is 12.5 Å². The molecule has 0 aromatic carbocycles. The zero-order chi connectivity index (χ0) is 10.9. The van der Waals surface area contributed by atoms with E-state index in [1.807, 2.05) is 0 Å². The summed E-state index contributed by atoms with van der Waals surface area (Å²) >= 11 is 3.99. The molecule has 0 bridgehead atoms. The molecule has 1 fully saturated rings. The largest absolute Gasteiger partial charge is 0.481 e. The molecule has 0 spiro atoms. The van der Waals surface area contributed by atoms with Crippen molar-refractivity contribution in [3.8, 4) is 0 Å². The first-order valence-corrected chi connectivity index (χ1v) is 4.96. The van der Waals surface area contributed by atoms with Gasteiger partial charge in [0.05, 0.1) is 5.92 Å². The Morgan fingerprint density at radius 1 is 1.43 bits per heavy atom. The molecule has 4 N–H and O–H groups in total. The Balaban J connectivity index is 2.62. The first-order valence-electron chi connectivity index (χ1n) is 4.32. The lowest BCUT2D eigenvalue weighted by atomic mass is 10.1. The predicted octanol–water partition coefficient (Wildman–Crippen LogP) is -0.335. The fraction of sp³-hybridized carbons (Fsp3) is 0.750. The van der Waals surface area contributed by atoms with Gasteiger partial charge in [-0.2, -0.15) is 12.6 Å². The highest BCUT2D eigenvalue weighted by Gasteiger charge is 2.58. The summed E-state index contributed by atoms with van der Waals surface area (Å²) in [4.78, 5) is 21.3. The maximum atomic E-state index is 10.7. The van der Waals surface area contributed by atoms with E-state index in [4.69, 9.17) is 15.9 Å². The first-order chi connectivity index (χ1) is 6.50. The van der Waals surface area contributed by atoms with Crippen LogP contribution >= 0.6 is 12.6 Å². The minimum absolute atomic E-state index is 0.129. The number of hydrogen-bond donors (Lipinski definition) is 4. The molecule has 0 aromatic heterocycles. The van der Waals surface area contributed by atoms with Crippen LogP contribution in [0.25, 0.3) is 0 Å². The molecule has 1 aliphatic carbocycles. The van der Waals surface area contributed by atoms with Crippen LogP contribution in [0, 0.1) is 17.8 Å². The average molecular weight is 219 g/mol. The molecule has 0 radical (unpaired) electrons. The number of nitrogens with two attached hydrogens (primary N) is 1. The Hall–Kier alpha value is -0.750. The van der Waals surface area contributed by atoms with Crippen LogP contribution in [-0.2, 0) is 9.59 Å². The van der Waals surface area contributed by atoms with Crippen LogP contribution < -0.4 is 5.73 Å². The second-order valence-corrected chi connectivity index (χ2v) is 3.93. The fourth-order valence-electron chi connectivity index (χ4n) is 1.92. The number of carboxylic acids is 2. The molecular formula is C8H13NO4S. The number of thiol groups is 1. The number of hydrogen-bond acceptors (Lipinski definition) is 4. The monoisotopic (exact) mass is 219 g/mol. The third-order valence-electron chi connectivity index (χ3n) is 2.68. The molecule has 1 aliphatic rings. The van der Waals surface area contributed by atoms with Gasteiger partial charge in [0.2, 0.25) is 0 Å². The number of rotatable bonds is 5. The molecule has 0 aliphatic heterocycles. The van der Waals surface area contributed by atoms with E-state index in [0.717, 1.165) is 0 Å². The van der Waals surface area contributed by atoms with E-state index < -0.39 is 29.8 Å². The van der Waals surface area contributed by atoms with E-state index in [1.54, 1.807) is 0 Å². The highest BCUT2D eigenvalue weighted by atomic mass is 32.1. The first kappa shape index (κ1) is 11.3. The summed E-state index contributed by atoms with van der Waals surface area (Å²) in [6, 6.07) is -1.07. The Bertz CT molecular complexity index is 258. The summed E-state index contributed by atoms with van der Waals surface area (Å²) in [5, 5.41) is 17.4. The second kappa shape index (κ2) is 4.18. The van der Waals surface area contributed by atoms with Gasteiger partial charge in [-0.1, -0.05) is 0 Å². The maximum absolute atomic E-state index is 10.7. The molecule has 1 saturated carbocycles. The van der Waals surface area contributed by atoms with Crippen molar-refractivity contribution in [2.24, 2.45) is 23.5 Å². The molecular weight excluding hydrogens is 206 g/mol. The SMILES string of the molecule is NC(C(=O)O)C1C(CCS)C1C(=O)O. The molecule has 5 nitrogen and oxygen atoms in total. The molecule has 0 amide bonds. The summed E-state index contributed by atoms with van der Waals surface area (Å²) < 4.78 is 0. The summed E-state index contributed by atoms with van der Waals surface area (Å²) in [6.07, 6.45) is 0.603. The lowest BCUT2D eigenvalue weighted by molar-refractivity contribution is -0.140. The Morgan fingerprint density at radius 2 is 2.00 bits per heavy atom. The van der Waals surface area contributed by atoms with Gasteiger partial charge in [0.25, 0.3) is 0 Å². The molecule has 4 atom stereocenters. The summed E-state index contributed by atoms with van der Waals surface area (Å²) in [6.45, 7) is 0. The van der Waals surface area contributed by atoms with Gasteiger partial charge in [-0.3, -0.25) is 9.59 Å². The van der Waals surface area contributed by atoms with Crippen molar-refractivity contribution < 1.29 is 19.8 Å². The minimum Gasteiger partial charge on any atom is -0.481 e. The quantitative estimate of drug-likeness (QED) is 0.474. The van der Waals surface area contributed by atoms with Gasteiger partial charge in [0.15, 0.2) is 0 Å². The highest BCUT2D eigenvalue weighted by Crippen LogP contribution is 2.50. The van der Waals surface area contributed by atoms with E-state index in [-0.39, 0.29) is 5.92 Å². The van der Waals surface area contributed by atoms with Gasteiger partial charge in [0, 0.05) is 5.92 Å². The second-order valence-electron chi connectivity index (χ2n) is 3.48. The Morgan fingerprint density at radius 3 is 2.36 bits per heavy atom. The maximum Gasteiger partial charge on any atom is 0.320 e. The van der Waals surface area contributed by atoms with Crippen molar-refractivity contribution >= 4 is 24.6 Å². The van der Waals surface area contributed by atoms with Crippen molar-refractivity contribution in [1.82, 2.24) is 0 Å². The van der Waals surface area contributed by atoms with Crippen LogP contribution in [0.15, 0.2) is 0 Å². The third kappa shape index (κ3) is 2.01. The molecule has 1 rings (SSSR count). The molecule has 0 heterocycles. The summed E-state index contributed by atoms with van der Waals surface area (Å²) in [5.74, 6) is -2.71. The van der Waals surface area contributed by atoms with Gasteiger partial charge in [-0.05, 0) is 18.1 Å². The zero-order valence-electron chi connectivity index (χ0n) is 7.46. The van der Waals surface area contributed by atoms with Gasteiger partial charge in [-0.15, -0.1) is 0 Å². The smallest absolute Gasteiger partial charge is 0.320 e. The highest BCUT2D eigenvalue weighted by molar-refractivity contribution is 7.80. The van der Waals surface area contributed by atoms with Crippen LogP contribution in [0.4, 0.5) is 0 Å². The van der Waals surface area contributed by atoms with Crippen LogP contribution in [0.5, 0.6) is 0 Å². The fourth-order valence-corrected chi connectivity index (χ4v) is 2.22. The van der Waals surface area contributed by atoms with E-state index in [9.17, 15) is 9.59 Å². The van der Waals surface area contributed by atoms with Crippen LogP contribution in [0.3, 0.4) is 0 Å². The molecule has 6 heteroatoms. The molecule has 0 saturated heterocycles. The van der Waals surface area contributed by atoms with Gasteiger partial charge in [-0.25, -0.2) is 0 Å².